The Morgan fingerprint density at radius 2 is 2.31 bits per heavy atom. The number of pyridine rings is 1. The first-order chi connectivity index (χ1) is 6.25. The van der Waals surface area contributed by atoms with E-state index in [1.807, 2.05) is 6.07 Å². The number of aliphatic hydroxyl groups is 1. The number of nitrogens with two attached hydrogens (primary N) is 1. The number of aliphatic hydroxyl groups excluding tert-OH is 1. The van der Waals surface area contributed by atoms with Crippen molar-refractivity contribution >= 4 is 11.5 Å². The molecule has 1 aliphatic carbocycles. The lowest BCUT2D eigenvalue weighted by Crippen LogP contribution is -2.39. The Kier molecular flexibility index (Phi) is 2.06. The van der Waals surface area contributed by atoms with E-state index in [1.54, 1.807) is 12.3 Å². The van der Waals surface area contributed by atoms with Crippen LogP contribution in [0.4, 0.5) is 11.5 Å². The summed E-state index contributed by atoms with van der Waals surface area (Å²) >= 11 is 0. The Labute approximate surface area is 76.8 Å². The van der Waals surface area contributed by atoms with E-state index in [9.17, 15) is 0 Å². The Morgan fingerprint density at radius 3 is 2.92 bits per heavy atom. The van der Waals surface area contributed by atoms with Crippen LogP contribution in [0.3, 0.4) is 0 Å². The molecule has 13 heavy (non-hydrogen) atoms. The van der Waals surface area contributed by atoms with Crippen molar-refractivity contribution in [2.45, 2.75) is 25.0 Å². The second kappa shape index (κ2) is 3.22. The second-order valence-electron chi connectivity index (χ2n) is 3.41. The molecule has 1 aromatic heterocycles. The lowest BCUT2D eigenvalue weighted by Gasteiger charge is -2.32. The highest BCUT2D eigenvalue weighted by atomic mass is 16.3. The van der Waals surface area contributed by atoms with Gasteiger partial charge in [0.25, 0.3) is 0 Å². The number of anilines is 2. The quantitative estimate of drug-likeness (QED) is 0.621. The van der Waals surface area contributed by atoms with Crippen molar-refractivity contribution in [2.75, 3.05) is 11.1 Å². The van der Waals surface area contributed by atoms with Gasteiger partial charge in [0.1, 0.15) is 5.82 Å². The minimum atomic E-state index is -0.151. The summed E-state index contributed by atoms with van der Waals surface area (Å²) in [7, 11) is 0. The van der Waals surface area contributed by atoms with Crippen LogP contribution in [-0.2, 0) is 0 Å². The summed E-state index contributed by atoms with van der Waals surface area (Å²) in [4.78, 5) is 4.11. The Balaban J connectivity index is 1.98. The number of hydrogen-bond donors (Lipinski definition) is 3. The molecule has 0 saturated heterocycles. The zero-order valence-corrected chi connectivity index (χ0v) is 7.27. The van der Waals surface area contributed by atoms with Gasteiger partial charge in [0, 0.05) is 12.2 Å². The number of aromatic nitrogens is 1. The van der Waals surface area contributed by atoms with E-state index in [-0.39, 0.29) is 6.10 Å². The third-order valence-corrected chi connectivity index (χ3v) is 2.29. The van der Waals surface area contributed by atoms with Crippen LogP contribution in [0.25, 0.3) is 0 Å². The fraction of sp³-hybridized carbons (Fsp3) is 0.444. The molecule has 1 aliphatic rings. The SMILES string of the molecule is Nc1cccnc1NC1CC(O)C1. The largest absolute Gasteiger partial charge is 0.396 e. The van der Waals surface area contributed by atoms with E-state index in [4.69, 9.17) is 10.8 Å². The molecule has 4 heteroatoms. The van der Waals surface area contributed by atoms with Crippen molar-refractivity contribution in [3.8, 4) is 0 Å². The summed E-state index contributed by atoms with van der Waals surface area (Å²) in [5, 5.41) is 12.3. The average Bonchev–Trinajstić information content (AvgIpc) is 2.06. The summed E-state index contributed by atoms with van der Waals surface area (Å²) in [6, 6.07) is 3.94. The zero-order valence-electron chi connectivity index (χ0n) is 7.27. The predicted molar refractivity (Wildman–Crippen MR) is 51.3 cm³/mol. The molecule has 0 aliphatic heterocycles. The van der Waals surface area contributed by atoms with Crippen molar-refractivity contribution in [3.63, 3.8) is 0 Å². The van der Waals surface area contributed by atoms with Gasteiger partial charge in [-0.3, -0.25) is 0 Å². The van der Waals surface area contributed by atoms with Gasteiger partial charge in [-0.15, -0.1) is 0 Å². The van der Waals surface area contributed by atoms with Gasteiger partial charge in [-0.05, 0) is 25.0 Å². The van der Waals surface area contributed by atoms with Gasteiger partial charge in [-0.2, -0.15) is 0 Å². The van der Waals surface area contributed by atoms with E-state index in [0.717, 1.165) is 18.7 Å². The molecule has 0 unspecified atom stereocenters. The molecular weight excluding hydrogens is 166 g/mol. The van der Waals surface area contributed by atoms with Crippen LogP contribution in [0.5, 0.6) is 0 Å². The molecule has 0 radical (unpaired) electrons. The summed E-state index contributed by atoms with van der Waals surface area (Å²) in [6.45, 7) is 0. The van der Waals surface area contributed by atoms with Crippen molar-refractivity contribution in [3.05, 3.63) is 18.3 Å². The van der Waals surface area contributed by atoms with Crippen molar-refractivity contribution in [1.29, 1.82) is 0 Å². The molecule has 0 spiro atoms. The first-order valence-electron chi connectivity index (χ1n) is 4.41. The van der Waals surface area contributed by atoms with Gasteiger partial charge in [-0.1, -0.05) is 0 Å². The van der Waals surface area contributed by atoms with Crippen LogP contribution in [0.1, 0.15) is 12.8 Å². The molecule has 0 bridgehead atoms. The van der Waals surface area contributed by atoms with Crippen molar-refractivity contribution in [1.82, 2.24) is 4.98 Å². The molecule has 4 nitrogen and oxygen atoms in total. The summed E-state index contributed by atoms with van der Waals surface area (Å²) in [5.41, 5.74) is 6.35. The van der Waals surface area contributed by atoms with Crippen LogP contribution in [0.15, 0.2) is 18.3 Å². The van der Waals surface area contributed by atoms with Crippen molar-refractivity contribution < 1.29 is 5.11 Å². The molecule has 1 aromatic rings. The minimum absolute atomic E-state index is 0.151. The molecule has 1 heterocycles. The lowest BCUT2D eigenvalue weighted by molar-refractivity contribution is 0.0835. The Morgan fingerprint density at radius 1 is 1.54 bits per heavy atom. The van der Waals surface area contributed by atoms with Gasteiger partial charge >= 0.3 is 0 Å². The van der Waals surface area contributed by atoms with E-state index in [2.05, 4.69) is 10.3 Å². The van der Waals surface area contributed by atoms with Gasteiger partial charge in [0.2, 0.25) is 0 Å². The molecule has 70 valence electrons. The number of nitrogens with zero attached hydrogens (tertiary/aromatic N) is 1. The molecule has 0 atom stereocenters. The number of rotatable bonds is 2. The molecule has 1 fully saturated rings. The van der Waals surface area contributed by atoms with Crippen LogP contribution in [0.2, 0.25) is 0 Å². The highest BCUT2D eigenvalue weighted by Gasteiger charge is 2.27. The predicted octanol–water partition coefficient (Wildman–Crippen LogP) is 0.599. The topological polar surface area (TPSA) is 71.2 Å². The smallest absolute Gasteiger partial charge is 0.149 e. The Hall–Kier alpha value is -1.29. The normalized spacial score (nSPS) is 26.5. The van der Waals surface area contributed by atoms with Gasteiger partial charge < -0.3 is 16.2 Å². The second-order valence-corrected chi connectivity index (χ2v) is 3.41. The van der Waals surface area contributed by atoms with Gasteiger partial charge in [-0.25, -0.2) is 4.98 Å². The van der Waals surface area contributed by atoms with E-state index in [1.165, 1.54) is 0 Å². The van der Waals surface area contributed by atoms with Crippen molar-refractivity contribution in [2.24, 2.45) is 0 Å². The first-order valence-corrected chi connectivity index (χ1v) is 4.41. The highest BCUT2D eigenvalue weighted by molar-refractivity contribution is 5.60. The fourth-order valence-corrected chi connectivity index (χ4v) is 1.44. The van der Waals surface area contributed by atoms with Crippen LogP contribution in [0, 0.1) is 0 Å². The number of nitrogens with one attached hydrogen (secondary N) is 1. The molecule has 1 saturated carbocycles. The molecule has 0 aromatic carbocycles. The molecule has 0 amide bonds. The highest BCUT2D eigenvalue weighted by Crippen LogP contribution is 2.25. The zero-order chi connectivity index (χ0) is 9.26. The number of hydrogen-bond acceptors (Lipinski definition) is 4. The van der Waals surface area contributed by atoms with E-state index < -0.39 is 0 Å². The summed E-state index contributed by atoms with van der Waals surface area (Å²) in [5.74, 6) is 0.722. The third kappa shape index (κ3) is 1.72. The lowest BCUT2D eigenvalue weighted by atomic mass is 9.89. The molecular formula is C9H13N3O. The maximum Gasteiger partial charge on any atom is 0.149 e. The summed E-state index contributed by atoms with van der Waals surface area (Å²) < 4.78 is 0. The molecule has 2 rings (SSSR count). The fourth-order valence-electron chi connectivity index (χ4n) is 1.44. The number of nitrogen functional groups attached to an aromatic ring is 1. The maximum absolute atomic E-state index is 9.07. The van der Waals surface area contributed by atoms with E-state index in [0.29, 0.717) is 11.7 Å². The van der Waals surface area contributed by atoms with Crippen LogP contribution in [-0.4, -0.2) is 22.2 Å². The maximum atomic E-state index is 9.07. The minimum Gasteiger partial charge on any atom is -0.396 e. The third-order valence-electron chi connectivity index (χ3n) is 2.29. The van der Waals surface area contributed by atoms with Gasteiger partial charge in [0.05, 0.1) is 11.8 Å². The van der Waals surface area contributed by atoms with E-state index >= 15 is 0 Å². The Bertz CT molecular complexity index is 297. The van der Waals surface area contributed by atoms with Gasteiger partial charge in [0.15, 0.2) is 0 Å². The summed E-state index contributed by atoms with van der Waals surface area (Å²) in [6.07, 6.45) is 3.13. The standard InChI is InChI=1S/C9H13N3O/c10-8-2-1-3-11-9(8)12-6-4-7(13)5-6/h1-3,6-7,13H,4-5,10H2,(H,11,12). The van der Waals surface area contributed by atoms with Crippen LogP contribution >= 0.6 is 0 Å². The molecule has 4 N–H and O–H groups in total. The monoisotopic (exact) mass is 179 g/mol. The average molecular weight is 179 g/mol. The van der Waals surface area contributed by atoms with Crippen LogP contribution < -0.4 is 11.1 Å². The first kappa shape index (κ1) is 8.31.